The smallest absolute Gasteiger partial charge is 0.293 e. The largest absolute Gasteiger partial charge is 0.372 e. The SMILES string of the molecule is Cc1cc(NC(=O)c2ccc(N(C)C)c([N+](=O)[O-])c2)n(-c2ccc3ccccc3n2)n1. The number of anilines is 2. The van der Waals surface area contributed by atoms with Gasteiger partial charge in [-0.05, 0) is 37.3 Å². The number of para-hydroxylation sites is 1. The van der Waals surface area contributed by atoms with Crippen molar-refractivity contribution in [1.82, 2.24) is 14.8 Å². The predicted molar refractivity (Wildman–Crippen MR) is 119 cm³/mol. The number of aryl methyl sites for hydroxylation is 1. The van der Waals surface area contributed by atoms with Gasteiger partial charge in [0.1, 0.15) is 11.5 Å². The number of benzene rings is 2. The van der Waals surface area contributed by atoms with E-state index in [1.165, 1.54) is 6.07 Å². The van der Waals surface area contributed by atoms with E-state index in [-0.39, 0.29) is 11.3 Å². The maximum Gasteiger partial charge on any atom is 0.293 e. The third-order valence-electron chi connectivity index (χ3n) is 4.79. The van der Waals surface area contributed by atoms with Gasteiger partial charge in [0.05, 0.1) is 16.1 Å². The summed E-state index contributed by atoms with van der Waals surface area (Å²) in [4.78, 5) is 30.1. The summed E-state index contributed by atoms with van der Waals surface area (Å²) < 4.78 is 1.54. The van der Waals surface area contributed by atoms with E-state index in [9.17, 15) is 14.9 Å². The van der Waals surface area contributed by atoms with Crippen molar-refractivity contribution >= 4 is 34.0 Å². The lowest BCUT2D eigenvalue weighted by Crippen LogP contribution is -2.17. The van der Waals surface area contributed by atoms with E-state index >= 15 is 0 Å². The summed E-state index contributed by atoms with van der Waals surface area (Å²) in [5, 5.41) is 19.7. The van der Waals surface area contributed by atoms with Gasteiger partial charge in [0.25, 0.3) is 11.6 Å². The maximum absolute atomic E-state index is 12.9. The lowest BCUT2D eigenvalue weighted by atomic mass is 10.1. The van der Waals surface area contributed by atoms with Crippen LogP contribution in [0.2, 0.25) is 0 Å². The number of amides is 1. The predicted octanol–water partition coefficient (Wildman–Crippen LogP) is 3.96. The van der Waals surface area contributed by atoms with Gasteiger partial charge in [-0.15, -0.1) is 0 Å². The molecule has 0 unspecified atom stereocenters. The Hall–Kier alpha value is -4.27. The van der Waals surface area contributed by atoms with Crippen LogP contribution in [0.4, 0.5) is 17.2 Å². The minimum atomic E-state index is -0.500. The fourth-order valence-electron chi connectivity index (χ4n) is 3.31. The van der Waals surface area contributed by atoms with Gasteiger partial charge in [0.2, 0.25) is 0 Å². The summed E-state index contributed by atoms with van der Waals surface area (Å²) in [5.41, 5.74) is 1.95. The van der Waals surface area contributed by atoms with Crippen molar-refractivity contribution < 1.29 is 9.72 Å². The molecule has 2 aromatic carbocycles. The van der Waals surface area contributed by atoms with Crippen molar-refractivity contribution in [3.8, 4) is 5.82 Å². The Labute approximate surface area is 178 Å². The molecule has 156 valence electrons. The number of nitrogens with one attached hydrogen (secondary N) is 1. The number of nitro benzene ring substituents is 1. The number of carbonyl (C=O) groups is 1. The lowest BCUT2D eigenvalue weighted by molar-refractivity contribution is -0.384. The molecule has 4 rings (SSSR count). The second-order valence-electron chi connectivity index (χ2n) is 7.25. The number of aromatic nitrogens is 3. The Morgan fingerprint density at radius 1 is 1.10 bits per heavy atom. The van der Waals surface area contributed by atoms with Gasteiger partial charge in [-0.1, -0.05) is 18.2 Å². The molecule has 0 fully saturated rings. The highest BCUT2D eigenvalue weighted by Gasteiger charge is 2.20. The van der Waals surface area contributed by atoms with Crippen molar-refractivity contribution in [3.63, 3.8) is 0 Å². The first kappa shape index (κ1) is 20.0. The highest BCUT2D eigenvalue weighted by atomic mass is 16.6. The van der Waals surface area contributed by atoms with Gasteiger partial charge in [-0.3, -0.25) is 14.9 Å². The second kappa shape index (κ2) is 7.86. The molecule has 0 saturated carbocycles. The van der Waals surface area contributed by atoms with Crippen LogP contribution in [0.1, 0.15) is 16.1 Å². The molecule has 0 aliphatic carbocycles. The monoisotopic (exact) mass is 416 g/mol. The minimum absolute atomic E-state index is 0.140. The molecular weight excluding hydrogens is 396 g/mol. The fourth-order valence-corrected chi connectivity index (χ4v) is 3.31. The summed E-state index contributed by atoms with van der Waals surface area (Å²) >= 11 is 0. The summed E-state index contributed by atoms with van der Waals surface area (Å²) in [7, 11) is 3.42. The molecule has 2 aromatic heterocycles. The summed E-state index contributed by atoms with van der Waals surface area (Å²) in [5.74, 6) is 0.496. The zero-order valence-corrected chi connectivity index (χ0v) is 17.2. The topological polar surface area (TPSA) is 106 Å². The van der Waals surface area contributed by atoms with Crippen LogP contribution in [0, 0.1) is 17.0 Å². The molecule has 4 aromatic rings. The van der Waals surface area contributed by atoms with Crippen LogP contribution in [0.5, 0.6) is 0 Å². The van der Waals surface area contributed by atoms with Crippen molar-refractivity contribution in [1.29, 1.82) is 0 Å². The third kappa shape index (κ3) is 3.93. The van der Waals surface area contributed by atoms with Crippen LogP contribution < -0.4 is 10.2 Å². The van der Waals surface area contributed by atoms with Gasteiger partial charge in [-0.2, -0.15) is 9.78 Å². The minimum Gasteiger partial charge on any atom is -0.372 e. The molecule has 31 heavy (non-hydrogen) atoms. The normalized spacial score (nSPS) is 10.8. The molecule has 0 saturated heterocycles. The van der Waals surface area contributed by atoms with E-state index in [0.717, 1.165) is 10.9 Å². The van der Waals surface area contributed by atoms with Crippen LogP contribution >= 0.6 is 0 Å². The quantitative estimate of drug-likeness (QED) is 0.390. The van der Waals surface area contributed by atoms with Gasteiger partial charge in [-0.25, -0.2) is 4.98 Å². The number of hydrogen-bond acceptors (Lipinski definition) is 6. The number of hydrogen-bond donors (Lipinski definition) is 1. The molecule has 9 heteroatoms. The zero-order valence-electron chi connectivity index (χ0n) is 17.2. The summed E-state index contributed by atoms with van der Waals surface area (Å²) in [6, 6.07) is 17.6. The number of fused-ring (bicyclic) bond motifs is 1. The van der Waals surface area contributed by atoms with Crippen LogP contribution in [0.3, 0.4) is 0 Å². The Morgan fingerprint density at radius 3 is 2.61 bits per heavy atom. The van der Waals surface area contributed by atoms with E-state index in [1.54, 1.807) is 41.9 Å². The molecule has 0 radical (unpaired) electrons. The molecule has 2 heterocycles. The van der Waals surface area contributed by atoms with Gasteiger partial charge >= 0.3 is 0 Å². The molecule has 9 nitrogen and oxygen atoms in total. The summed E-state index contributed by atoms with van der Waals surface area (Å²) in [6.45, 7) is 1.81. The molecule has 0 atom stereocenters. The molecule has 0 spiro atoms. The number of nitrogens with zero attached hydrogens (tertiary/aromatic N) is 5. The number of nitro groups is 1. The van der Waals surface area contributed by atoms with E-state index in [4.69, 9.17) is 0 Å². The Bertz CT molecular complexity index is 1310. The van der Waals surface area contributed by atoms with Crippen LogP contribution in [-0.2, 0) is 0 Å². The Morgan fingerprint density at radius 2 is 1.87 bits per heavy atom. The molecular formula is C22H20N6O3. The van der Waals surface area contributed by atoms with Crippen LogP contribution in [-0.4, -0.2) is 39.7 Å². The highest BCUT2D eigenvalue weighted by molar-refractivity contribution is 6.04. The number of pyridine rings is 1. The second-order valence-corrected chi connectivity index (χ2v) is 7.25. The fraction of sp³-hybridized carbons (Fsp3) is 0.136. The van der Waals surface area contributed by atoms with E-state index < -0.39 is 10.8 Å². The van der Waals surface area contributed by atoms with Gasteiger partial charge in [0.15, 0.2) is 5.82 Å². The molecule has 0 aliphatic rings. The van der Waals surface area contributed by atoms with Crippen molar-refractivity contribution in [2.45, 2.75) is 6.92 Å². The van der Waals surface area contributed by atoms with Crippen molar-refractivity contribution in [2.75, 3.05) is 24.3 Å². The first-order chi connectivity index (χ1) is 14.8. The Kier molecular flexibility index (Phi) is 5.08. The van der Waals surface area contributed by atoms with E-state index in [1.807, 2.05) is 43.3 Å². The molecule has 1 N–H and O–H groups in total. The molecule has 0 aliphatic heterocycles. The summed E-state index contributed by atoms with van der Waals surface area (Å²) in [6.07, 6.45) is 0. The zero-order chi connectivity index (χ0) is 22.1. The van der Waals surface area contributed by atoms with Gasteiger partial charge in [0, 0.05) is 37.2 Å². The molecule has 1 amide bonds. The van der Waals surface area contributed by atoms with Gasteiger partial charge < -0.3 is 10.2 Å². The standard InChI is InChI=1S/C22H20N6O3/c1-14-12-21(27(25-14)20-11-9-15-6-4-5-7-17(15)23-20)24-22(29)16-8-10-18(26(2)3)19(13-16)28(30)31/h4-13H,1-3H3,(H,24,29). The van der Waals surface area contributed by atoms with Crippen molar-refractivity contribution in [3.05, 3.63) is 82.0 Å². The average molecular weight is 416 g/mol. The third-order valence-corrected chi connectivity index (χ3v) is 4.79. The van der Waals surface area contributed by atoms with Crippen molar-refractivity contribution in [2.24, 2.45) is 0 Å². The van der Waals surface area contributed by atoms with E-state index in [0.29, 0.717) is 23.0 Å². The maximum atomic E-state index is 12.9. The van der Waals surface area contributed by atoms with E-state index in [2.05, 4.69) is 15.4 Å². The number of carbonyl (C=O) groups excluding carboxylic acids is 1. The first-order valence-corrected chi connectivity index (χ1v) is 9.53. The van der Waals surface area contributed by atoms with Crippen LogP contribution in [0.25, 0.3) is 16.7 Å². The average Bonchev–Trinajstić information content (AvgIpc) is 3.12. The first-order valence-electron chi connectivity index (χ1n) is 9.53. The highest BCUT2D eigenvalue weighted by Crippen LogP contribution is 2.28. The lowest BCUT2D eigenvalue weighted by Gasteiger charge is -2.13. The molecule has 0 bridgehead atoms. The Balaban J connectivity index is 1.68. The van der Waals surface area contributed by atoms with Crippen LogP contribution in [0.15, 0.2) is 60.7 Å². The number of rotatable bonds is 5.